The summed E-state index contributed by atoms with van der Waals surface area (Å²) in [6, 6.07) is 10.5. The Labute approximate surface area is 115 Å². The van der Waals surface area contributed by atoms with Crippen LogP contribution in [0.2, 0.25) is 0 Å². The van der Waals surface area contributed by atoms with Gasteiger partial charge in [-0.15, -0.1) is 35.3 Å². The third kappa shape index (κ3) is 2.98. The fraction of sp³-hybridized carbons (Fsp3) is 0.538. The Morgan fingerprint density at radius 1 is 1.06 bits per heavy atom. The molecule has 0 spiro atoms. The monoisotopic (exact) mass is 284 g/mol. The van der Waals surface area contributed by atoms with E-state index < -0.39 is 0 Å². The van der Waals surface area contributed by atoms with Gasteiger partial charge >= 0.3 is 0 Å². The molecule has 3 heterocycles. The molecule has 1 aromatic carbocycles. The molecule has 0 aliphatic carbocycles. The Morgan fingerprint density at radius 3 is 2.35 bits per heavy atom. The topological polar surface area (TPSA) is 9.23 Å². The molecule has 3 aliphatic heterocycles. The van der Waals surface area contributed by atoms with E-state index >= 15 is 0 Å². The number of benzene rings is 1. The SMILES string of the molecule is c1ccc(COCC23CSC(SC2)SC3)cc1. The van der Waals surface area contributed by atoms with Crippen molar-refractivity contribution in [3.63, 3.8) is 0 Å². The van der Waals surface area contributed by atoms with Gasteiger partial charge in [-0.2, -0.15) is 0 Å². The summed E-state index contributed by atoms with van der Waals surface area (Å²) in [7, 11) is 0. The Kier molecular flexibility index (Phi) is 3.95. The van der Waals surface area contributed by atoms with Gasteiger partial charge in [-0.1, -0.05) is 30.3 Å². The second-order valence-electron chi connectivity index (χ2n) is 4.70. The molecule has 0 aromatic heterocycles. The van der Waals surface area contributed by atoms with Gasteiger partial charge in [-0.25, -0.2) is 0 Å². The van der Waals surface area contributed by atoms with Crippen LogP contribution >= 0.6 is 35.3 Å². The summed E-state index contributed by atoms with van der Waals surface area (Å²) in [5.74, 6) is 3.85. The highest BCUT2D eigenvalue weighted by Gasteiger charge is 2.42. The molecular weight excluding hydrogens is 268 g/mol. The molecule has 3 saturated heterocycles. The molecule has 0 amide bonds. The molecule has 0 unspecified atom stereocenters. The van der Waals surface area contributed by atoms with Crippen molar-refractivity contribution in [1.29, 1.82) is 0 Å². The van der Waals surface area contributed by atoms with Crippen LogP contribution in [0.5, 0.6) is 0 Å². The van der Waals surface area contributed by atoms with Crippen molar-refractivity contribution in [2.45, 2.75) is 10.5 Å². The average molecular weight is 284 g/mol. The predicted molar refractivity (Wildman–Crippen MR) is 79.7 cm³/mol. The van der Waals surface area contributed by atoms with E-state index in [0.29, 0.717) is 5.41 Å². The van der Waals surface area contributed by atoms with Gasteiger partial charge in [0, 0.05) is 22.7 Å². The predicted octanol–water partition coefficient (Wildman–Crippen LogP) is 3.70. The Hall–Kier alpha value is 0.230. The minimum Gasteiger partial charge on any atom is -0.376 e. The first-order valence-electron chi connectivity index (χ1n) is 5.83. The van der Waals surface area contributed by atoms with Crippen molar-refractivity contribution in [1.82, 2.24) is 0 Å². The Bertz CT molecular complexity index is 346. The standard InChI is InChI=1S/C13H16OS3/c1-2-4-11(5-3-1)6-14-7-13-8-15-12(16-9-13)17-10-13/h1-5,12H,6-10H2. The van der Waals surface area contributed by atoms with E-state index in [4.69, 9.17) is 4.74 Å². The third-order valence-electron chi connectivity index (χ3n) is 3.10. The summed E-state index contributed by atoms with van der Waals surface area (Å²) in [5, 5.41) is 0. The van der Waals surface area contributed by atoms with Crippen LogP contribution in [0.15, 0.2) is 30.3 Å². The fourth-order valence-corrected chi connectivity index (χ4v) is 7.19. The molecule has 4 heteroatoms. The van der Waals surface area contributed by atoms with E-state index in [2.05, 4.69) is 65.6 Å². The quantitative estimate of drug-likeness (QED) is 0.833. The van der Waals surface area contributed by atoms with E-state index in [1.54, 1.807) is 0 Å². The summed E-state index contributed by atoms with van der Waals surface area (Å²) in [4.78, 5) is 0. The summed E-state index contributed by atoms with van der Waals surface area (Å²) in [6.07, 6.45) is 0. The van der Waals surface area contributed by atoms with Crippen molar-refractivity contribution >= 4 is 35.3 Å². The van der Waals surface area contributed by atoms with E-state index in [1.165, 1.54) is 22.8 Å². The maximum absolute atomic E-state index is 5.94. The summed E-state index contributed by atoms with van der Waals surface area (Å²) >= 11 is 6.31. The van der Waals surface area contributed by atoms with Crippen molar-refractivity contribution < 1.29 is 4.74 Å². The second kappa shape index (κ2) is 5.47. The van der Waals surface area contributed by atoms with Crippen LogP contribution in [0.25, 0.3) is 0 Å². The summed E-state index contributed by atoms with van der Waals surface area (Å²) in [5.41, 5.74) is 1.71. The highest BCUT2D eigenvalue weighted by Crippen LogP contribution is 2.53. The molecule has 17 heavy (non-hydrogen) atoms. The van der Waals surface area contributed by atoms with E-state index in [9.17, 15) is 0 Å². The average Bonchev–Trinajstić information content (AvgIpc) is 2.42. The first-order valence-corrected chi connectivity index (χ1v) is 8.98. The van der Waals surface area contributed by atoms with Gasteiger partial charge in [0.1, 0.15) is 0 Å². The van der Waals surface area contributed by atoms with E-state index in [-0.39, 0.29) is 0 Å². The summed E-state index contributed by atoms with van der Waals surface area (Å²) < 4.78 is 6.74. The molecule has 0 atom stereocenters. The number of hydrogen-bond acceptors (Lipinski definition) is 4. The highest BCUT2D eigenvalue weighted by atomic mass is 32.3. The summed E-state index contributed by atoms with van der Waals surface area (Å²) in [6.45, 7) is 1.67. The van der Waals surface area contributed by atoms with Gasteiger partial charge in [-0.3, -0.25) is 0 Å². The molecule has 92 valence electrons. The Balaban J connectivity index is 1.51. The Morgan fingerprint density at radius 2 is 1.71 bits per heavy atom. The molecule has 0 N–H and O–H groups in total. The van der Waals surface area contributed by atoms with Crippen molar-refractivity contribution in [3.05, 3.63) is 35.9 Å². The molecule has 1 nitrogen and oxygen atoms in total. The zero-order valence-electron chi connectivity index (χ0n) is 9.63. The normalized spacial score (nSPS) is 31.6. The zero-order valence-corrected chi connectivity index (χ0v) is 12.1. The lowest BCUT2D eigenvalue weighted by molar-refractivity contribution is 0.0652. The van der Waals surface area contributed by atoms with Crippen LogP contribution < -0.4 is 0 Å². The second-order valence-corrected chi connectivity index (χ2v) is 8.88. The number of ether oxygens (including phenoxy) is 1. The molecule has 3 fully saturated rings. The number of thioether (sulfide) groups is 3. The van der Waals surface area contributed by atoms with Crippen molar-refractivity contribution in [2.24, 2.45) is 5.41 Å². The highest BCUT2D eigenvalue weighted by molar-refractivity contribution is 8.33. The van der Waals surface area contributed by atoms with Gasteiger partial charge in [0.2, 0.25) is 0 Å². The smallest absolute Gasteiger partial charge is 0.0956 e. The molecule has 0 saturated carbocycles. The lowest BCUT2D eigenvalue weighted by Crippen LogP contribution is -2.42. The molecule has 3 aliphatic rings. The van der Waals surface area contributed by atoms with Crippen LogP contribution in [-0.4, -0.2) is 27.8 Å². The van der Waals surface area contributed by atoms with Crippen LogP contribution in [0.3, 0.4) is 0 Å². The number of hydrogen-bond donors (Lipinski definition) is 0. The van der Waals surface area contributed by atoms with Crippen LogP contribution in [0, 0.1) is 5.41 Å². The minimum absolute atomic E-state index is 0.434. The largest absolute Gasteiger partial charge is 0.376 e. The van der Waals surface area contributed by atoms with E-state index in [1.807, 2.05) is 0 Å². The minimum atomic E-state index is 0.434. The number of rotatable bonds is 4. The lowest BCUT2D eigenvalue weighted by atomic mass is 9.97. The van der Waals surface area contributed by atoms with Gasteiger partial charge in [-0.05, 0) is 5.56 Å². The van der Waals surface area contributed by atoms with Crippen LogP contribution in [0.4, 0.5) is 0 Å². The van der Waals surface area contributed by atoms with Gasteiger partial charge in [0.25, 0.3) is 0 Å². The first-order chi connectivity index (χ1) is 8.36. The molecule has 0 radical (unpaired) electrons. The number of fused-ring (bicyclic) bond motifs is 3. The van der Waals surface area contributed by atoms with Crippen molar-refractivity contribution in [3.8, 4) is 0 Å². The van der Waals surface area contributed by atoms with Gasteiger partial charge < -0.3 is 4.74 Å². The zero-order chi connectivity index (χ0) is 11.6. The van der Waals surface area contributed by atoms with E-state index in [0.717, 1.165) is 17.1 Å². The molecule has 4 rings (SSSR count). The fourth-order valence-electron chi connectivity index (χ4n) is 2.09. The van der Waals surface area contributed by atoms with Crippen LogP contribution in [0.1, 0.15) is 5.56 Å². The van der Waals surface area contributed by atoms with Gasteiger partial charge in [0.05, 0.1) is 17.1 Å². The molecule has 2 bridgehead atoms. The van der Waals surface area contributed by atoms with Gasteiger partial charge in [0.15, 0.2) is 0 Å². The maximum atomic E-state index is 5.94. The maximum Gasteiger partial charge on any atom is 0.0956 e. The van der Waals surface area contributed by atoms with Crippen LogP contribution in [-0.2, 0) is 11.3 Å². The molecular formula is C13H16OS3. The molecule has 1 aromatic rings. The first kappa shape index (κ1) is 12.3. The van der Waals surface area contributed by atoms with Crippen molar-refractivity contribution in [2.75, 3.05) is 23.9 Å². The lowest BCUT2D eigenvalue weighted by Gasteiger charge is -2.44. The third-order valence-corrected chi connectivity index (χ3v) is 8.70.